The van der Waals surface area contributed by atoms with E-state index in [0.29, 0.717) is 5.56 Å². The lowest BCUT2D eigenvalue weighted by atomic mass is 10.1. The third-order valence-electron chi connectivity index (χ3n) is 4.11. The van der Waals surface area contributed by atoms with Crippen molar-refractivity contribution in [1.82, 2.24) is 10.6 Å². The molecule has 7 nitrogen and oxygen atoms in total. The van der Waals surface area contributed by atoms with Crippen LogP contribution in [0.15, 0.2) is 59.5 Å². The molecule has 1 atom stereocenters. The van der Waals surface area contributed by atoms with Crippen LogP contribution in [0.25, 0.3) is 0 Å². The normalized spacial score (nSPS) is 12.1. The predicted molar refractivity (Wildman–Crippen MR) is 104 cm³/mol. The van der Waals surface area contributed by atoms with Crippen LogP contribution in [0.3, 0.4) is 0 Å². The molecule has 0 aliphatic rings. The Bertz CT molecular complexity index is 894. The van der Waals surface area contributed by atoms with Crippen molar-refractivity contribution in [2.75, 3.05) is 32.6 Å². The maximum Gasteiger partial charge on any atom is 0.309 e. The van der Waals surface area contributed by atoms with Gasteiger partial charge in [0.15, 0.2) is 9.84 Å². The average molecular weight is 389 g/mol. The Hall–Kier alpha value is -2.87. The molecule has 144 valence electrons. The molecule has 2 N–H and O–H groups in total. The van der Waals surface area contributed by atoms with Gasteiger partial charge < -0.3 is 15.5 Å². The fourth-order valence-electron chi connectivity index (χ4n) is 2.55. The van der Waals surface area contributed by atoms with Crippen LogP contribution < -0.4 is 15.5 Å². The van der Waals surface area contributed by atoms with E-state index >= 15 is 0 Å². The van der Waals surface area contributed by atoms with Crippen molar-refractivity contribution in [2.24, 2.45) is 0 Å². The van der Waals surface area contributed by atoms with Crippen LogP contribution in [0.2, 0.25) is 0 Å². The first kappa shape index (κ1) is 20.4. The smallest absolute Gasteiger partial charge is 0.309 e. The zero-order valence-corrected chi connectivity index (χ0v) is 16.3. The van der Waals surface area contributed by atoms with Crippen LogP contribution in [0.4, 0.5) is 5.69 Å². The molecule has 2 amide bonds. The van der Waals surface area contributed by atoms with E-state index in [-0.39, 0.29) is 11.4 Å². The number of carbonyl (C=O) groups excluding carboxylic acids is 2. The fraction of sp³-hybridized carbons (Fsp3) is 0.263. The minimum absolute atomic E-state index is 0.154. The molecule has 0 spiro atoms. The number of likely N-dealkylation sites (N-methyl/N-ethyl adjacent to an activating group) is 1. The second-order valence-electron chi connectivity index (χ2n) is 6.12. The molecular weight excluding hydrogens is 366 g/mol. The highest BCUT2D eigenvalue weighted by atomic mass is 32.2. The van der Waals surface area contributed by atoms with Gasteiger partial charge in [-0.3, -0.25) is 9.59 Å². The summed E-state index contributed by atoms with van der Waals surface area (Å²) in [5.41, 5.74) is 1.45. The molecule has 0 saturated carbocycles. The summed E-state index contributed by atoms with van der Waals surface area (Å²) in [5, 5.41) is 3.59. The zero-order chi connectivity index (χ0) is 20.0. The first-order valence-corrected chi connectivity index (χ1v) is 9.88. The lowest BCUT2D eigenvalue weighted by molar-refractivity contribution is -0.138. The van der Waals surface area contributed by atoms with Crippen LogP contribution in [0, 0.1) is 0 Å². The Morgan fingerprint density at radius 1 is 0.963 bits per heavy atom. The Morgan fingerprint density at radius 3 is 2.07 bits per heavy atom. The molecule has 2 aromatic rings. The second-order valence-corrected chi connectivity index (χ2v) is 8.25. The Kier molecular flexibility index (Phi) is 6.57. The maximum atomic E-state index is 13.1. The number of anilines is 1. The van der Waals surface area contributed by atoms with Crippen LogP contribution >= 0.6 is 0 Å². The molecule has 27 heavy (non-hydrogen) atoms. The van der Waals surface area contributed by atoms with Gasteiger partial charge in [0.05, 0.1) is 4.90 Å². The molecule has 0 heterocycles. The number of rotatable bonds is 6. The van der Waals surface area contributed by atoms with E-state index in [0.717, 1.165) is 5.69 Å². The first-order chi connectivity index (χ1) is 12.8. The minimum Gasteiger partial charge on any atom is -0.378 e. The summed E-state index contributed by atoms with van der Waals surface area (Å²) < 4.78 is 26.3. The van der Waals surface area contributed by atoms with E-state index in [9.17, 15) is 18.0 Å². The van der Waals surface area contributed by atoms with Gasteiger partial charge in [-0.15, -0.1) is 0 Å². The number of carbonyl (C=O) groups is 2. The molecule has 2 aromatic carbocycles. The van der Waals surface area contributed by atoms with Gasteiger partial charge >= 0.3 is 11.8 Å². The van der Waals surface area contributed by atoms with Crippen molar-refractivity contribution in [3.05, 3.63) is 60.2 Å². The maximum absolute atomic E-state index is 13.1. The quantitative estimate of drug-likeness (QED) is 0.722. The van der Waals surface area contributed by atoms with Gasteiger partial charge in [-0.25, -0.2) is 8.42 Å². The lowest BCUT2D eigenvalue weighted by Gasteiger charge is -2.20. The number of nitrogens with zero attached hydrogens (tertiary/aromatic N) is 1. The molecule has 0 radical (unpaired) electrons. The number of nitrogens with one attached hydrogen (secondary N) is 2. The molecule has 0 saturated heterocycles. The van der Waals surface area contributed by atoms with Crippen molar-refractivity contribution in [2.45, 2.75) is 10.1 Å². The Labute approximate surface area is 159 Å². The van der Waals surface area contributed by atoms with Gasteiger partial charge in [-0.1, -0.05) is 30.3 Å². The molecule has 0 fully saturated rings. The van der Waals surface area contributed by atoms with Gasteiger partial charge in [0, 0.05) is 33.4 Å². The lowest BCUT2D eigenvalue weighted by Crippen LogP contribution is -2.41. The van der Waals surface area contributed by atoms with E-state index < -0.39 is 26.9 Å². The SMILES string of the molecule is CNC(=O)C(=O)NC[C@H](c1ccc(N(C)C)cc1)S(=O)(=O)c1ccccc1. The largest absolute Gasteiger partial charge is 0.378 e. The fourth-order valence-corrected chi connectivity index (χ4v) is 4.23. The summed E-state index contributed by atoms with van der Waals surface area (Å²) in [6.07, 6.45) is 0. The first-order valence-electron chi connectivity index (χ1n) is 8.33. The average Bonchev–Trinajstić information content (AvgIpc) is 2.68. The molecule has 0 bridgehead atoms. The van der Waals surface area contributed by atoms with E-state index in [1.54, 1.807) is 30.3 Å². The topological polar surface area (TPSA) is 95.6 Å². The van der Waals surface area contributed by atoms with Crippen molar-refractivity contribution in [1.29, 1.82) is 0 Å². The zero-order valence-electron chi connectivity index (χ0n) is 15.5. The number of sulfone groups is 1. The van der Waals surface area contributed by atoms with Gasteiger partial charge in [0.25, 0.3) is 0 Å². The molecule has 0 aromatic heterocycles. The van der Waals surface area contributed by atoms with Crippen molar-refractivity contribution in [3.8, 4) is 0 Å². The summed E-state index contributed by atoms with van der Waals surface area (Å²) in [4.78, 5) is 25.3. The highest BCUT2D eigenvalue weighted by Crippen LogP contribution is 2.29. The Morgan fingerprint density at radius 2 is 1.56 bits per heavy atom. The van der Waals surface area contributed by atoms with Crippen molar-refractivity contribution < 1.29 is 18.0 Å². The van der Waals surface area contributed by atoms with E-state index in [1.165, 1.54) is 19.2 Å². The standard InChI is InChI=1S/C19H23N3O4S/c1-20-18(23)19(24)21-13-17(14-9-11-15(12-10-14)22(2)3)27(25,26)16-7-5-4-6-8-16/h4-12,17H,13H2,1-3H3,(H,20,23)(H,21,24)/t17-/m1/s1. The summed E-state index contributed by atoms with van der Waals surface area (Å²) in [7, 11) is 1.33. The van der Waals surface area contributed by atoms with Crippen LogP contribution in [0.5, 0.6) is 0 Å². The molecule has 0 aliphatic carbocycles. The number of hydrogen-bond donors (Lipinski definition) is 2. The van der Waals surface area contributed by atoms with E-state index in [1.807, 2.05) is 31.1 Å². The highest BCUT2D eigenvalue weighted by Gasteiger charge is 2.30. The summed E-state index contributed by atoms with van der Waals surface area (Å²) in [6.45, 7) is -0.217. The summed E-state index contributed by atoms with van der Waals surface area (Å²) in [6, 6.07) is 15.1. The third-order valence-corrected chi connectivity index (χ3v) is 6.23. The number of amides is 2. The van der Waals surface area contributed by atoms with Crippen LogP contribution in [-0.2, 0) is 19.4 Å². The molecule has 0 aliphatic heterocycles. The summed E-state index contributed by atoms with van der Waals surface area (Å²) in [5.74, 6) is -1.70. The van der Waals surface area contributed by atoms with Crippen LogP contribution in [-0.4, -0.2) is 47.9 Å². The molecule has 0 unspecified atom stereocenters. The van der Waals surface area contributed by atoms with Crippen molar-refractivity contribution in [3.63, 3.8) is 0 Å². The van der Waals surface area contributed by atoms with Gasteiger partial charge in [0.2, 0.25) is 0 Å². The van der Waals surface area contributed by atoms with E-state index in [4.69, 9.17) is 0 Å². The minimum atomic E-state index is -3.78. The second kappa shape index (κ2) is 8.68. The third kappa shape index (κ3) is 4.85. The molecular formula is C19H23N3O4S. The molecule has 8 heteroatoms. The number of benzene rings is 2. The van der Waals surface area contributed by atoms with Gasteiger partial charge in [-0.05, 0) is 29.8 Å². The Balaban J connectivity index is 2.39. The monoisotopic (exact) mass is 389 g/mol. The van der Waals surface area contributed by atoms with Crippen LogP contribution in [0.1, 0.15) is 10.8 Å². The molecule has 2 rings (SSSR count). The predicted octanol–water partition coefficient (Wildman–Crippen LogP) is 1.13. The van der Waals surface area contributed by atoms with E-state index in [2.05, 4.69) is 10.6 Å². The van der Waals surface area contributed by atoms with Crippen molar-refractivity contribution >= 4 is 27.3 Å². The number of hydrogen-bond acceptors (Lipinski definition) is 5. The summed E-state index contributed by atoms with van der Waals surface area (Å²) >= 11 is 0. The highest BCUT2D eigenvalue weighted by molar-refractivity contribution is 7.91. The van der Waals surface area contributed by atoms with Gasteiger partial charge in [0.1, 0.15) is 5.25 Å². The van der Waals surface area contributed by atoms with Gasteiger partial charge in [-0.2, -0.15) is 0 Å².